The molecule has 1 aliphatic rings. The Labute approximate surface area is 123 Å². The molecule has 0 aliphatic heterocycles. The molecule has 1 aliphatic carbocycles. The van der Waals surface area contributed by atoms with Gasteiger partial charge in [0.1, 0.15) is 0 Å². The van der Waals surface area contributed by atoms with Gasteiger partial charge in [0.05, 0.1) is 10.2 Å². The molecule has 1 N–H and O–H groups in total. The third kappa shape index (κ3) is 3.40. The fourth-order valence-electron chi connectivity index (χ4n) is 2.86. The topological polar surface area (TPSA) is 24.9 Å². The number of nitrogens with zero attached hydrogens (tertiary/aromatic N) is 1. The van der Waals surface area contributed by atoms with Crippen LogP contribution >= 0.6 is 22.9 Å². The number of rotatable bonds is 5. The van der Waals surface area contributed by atoms with Gasteiger partial charge in [-0.1, -0.05) is 48.6 Å². The van der Waals surface area contributed by atoms with Gasteiger partial charge in [-0.2, -0.15) is 0 Å². The molecule has 1 saturated carbocycles. The molecule has 102 valence electrons. The van der Waals surface area contributed by atoms with Crippen molar-refractivity contribution in [3.8, 4) is 0 Å². The molecular weight excluding hydrogens is 276 g/mol. The highest BCUT2D eigenvalue weighted by molar-refractivity contribution is 7.22. The summed E-state index contributed by atoms with van der Waals surface area (Å²) in [6.07, 6.45) is 8.39. The summed E-state index contributed by atoms with van der Waals surface area (Å²) in [5.41, 5.74) is 1.03. The lowest BCUT2D eigenvalue weighted by molar-refractivity contribution is 0.491. The minimum atomic E-state index is 0.781. The second-order valence-electron chi connectivity index (χ2n) is 5.35. The molecular formula is C15H19ClN2S. The maximum absolute atomic E-state index is 5.99. The zero-order chi connectivity index (χ0) is 13.1. The van der Waals surface area contributed by atoms with E-state index in [-0.39, 0.29) is 0 Å². The number of hydrogen-bond acceptors (Lipinski definition) is 3. The lowest BCUT2D eigenvalue weighted by Crippen LogP contribution is -2.03. The highest BCUT2D eigenvalue weighted by Gasteiger charge is 2.14. The van der Waals surface area contributed by atoms with Crippen LogP contribution in [0.5, 0.6) is 0 Å². The Morgan fingerprint density at radius 3 is 3.00 bits per heavy atom. The Morgan fingerprint density at radius 2 is 2.16 bits per heavy atom. The third-order valence-corrected chi connectivity index (χ3v) is 5.10. The van der Waals surface area contributed by atoms with E-state index in [1.165, 1.54) is 38.5 Å². The minimum absolute atomic E-state index is 0.781. The van der Waals surface area contributed by atoms with E-state index in [1.54, 1.807) is 11.3 Å². The van der Waals surface area contributed by atoms with Crippen LogP contribution in [-0.2, 0) is 0 Å². The molecule has 0 saturated heterocycles. The minimum Gasteiger partial charge on any atom is -0.361 e. The van der Waals surface area contributed by atoms with Crippen LogP contribution in [0, 0.1) is 5.92 Å². The van der Waals surface area contributed by atoms with Crippen molar-refractivity contribution >= 4 is 38.3 Å². The van der Waals surface area contributed by atoms with Crippen LogP contribution in [0.25, 0.3) is 10.2 Å². The predicted molar refractivity (Wildman–Crippen MR) is 84.3 cm³/mol. The molecule has 3 rings (SSSR count). The molecule has 0 bridgehead atoms. The molecule has 0 spiro atoms. The molecule has 2 aromatic rings. The van der Waals surface area contributed by atoms with Crippen LogP contribution in [0.2, 0.25) is 5.02 Å². The van der Waals surface area contributed by atoms with Gasteiger partial charge in [0.2, 0.25) is 0 Å². The Bertz CT molecular complexity index is 546. The molecule has 0 unspecified atom stereocenters. The standard InChI is InChI=1S/C15H19ClN2S/c16-12-7-8-13-14(10-12)19-15(18-13)17-9-3-6-11-4-1-2-5-11/h7-8,10-11H,1-6,9H2,(H,17,18). The van der Waals surface area contributed by atoms with Crippen LogP contribution in [0.15, 0.2) is 18.2 Å². The van der Waals surface area contributed by atoms with Crippen molar-refractivity contribution in [2.45, 2.75) is 38.5 Å². The van der Waals surface area contributed by atoms with Gasteiger partial charge in [-0.3, -0.25) is 0 Å². The van der Waals surface area contributed by atoms with Gasteiger partial charge in [-0.05, 0) is 37.0 Å². The van der Waals surface area contributed by atoms with Crippen LogP contribution in [0.3, 0.4) is 0 Å². The summed E-state index contributed by atoms with van der Waals surface area (Å²) >= 11 is 7.67. The van der Waals surface area contributed by atoms with Crippen LogP contribution < -0.4 is 5.32 Å². The van der Waals surface area contributed by atoms with Crippen molar-refractivity contribution in [2.75, 3.05) is 11.9 Å². The average molecular weight is 295 g/mol. The SMILES string of the molecule is Clc1ccc2nc(NCCCC3CCCC3)sc2c1. The van der Waals surface area contributed by atoms with Crippen molar-refractivity contribution in [1.29, 1.82) is 0 Å². The second-order valence-corrected chi connectivity index (χ2v) is 6.82. The lowest BCUT2D eigenvalue weighted by atomic mass is 10.0. The van der Waals surface area contributed by atoms with Crippen molar-refractivity contribution < 1.29 is 0 Å². The first-order valence-electron chi connectivity index (χ1n) is 7.11. The summed E-state index contributed by atoms with van der Waals surface area (Å²) in [5, 5.41) is 5.24. The van der Waals surface area contributed by atoms with Crippen LogP contribution in [-0.4, -0.2) is 11.5 Å². The summed E-state index contributed by atoms with van der Waals surface area (Å²) in [7, 11) is 0. The summed E-state index contributed by atoms with van der Waals surface area (Å²) in [6, 6.07) is 5.86. The van der Waals surface area contributed by atoms with E-state index in [0.717, 1.165) is 32.8 Å². The molecule has 0 amide bonds. The van der Waals surface area contributed by atoms with Crippen molar-refractivity contribution in [1.82, 2.24) is 4.98 Å². The highest BCUT2D eigenvalue weighted by atomic mass is 35.5. The normalized spacial score (nSPS) is 16.3. The maximum atomic E-state index is 5.99. The number of nitrogens with one attached hydrogen (secondary N) is 1. The van der Waals surface area contributed by atoms with Gasteiger partial charge in [-0.25, -0.2) is 4.98 Å². The van der Waals surface area contributed by atoms with Crippen LogP contribution in [0.4, 0.5) is 5.13 Å². The van der Waals surface area contributed by atoms with Crippen molar-refractivity contribution in [3.05, 3.63) is 23.2 Å². The Kier molecular flexibility index (Phi) is 4.24. The molecule has 0 radical (unpaired) electrons. The van der Waals surface area contributed by atoms with E-state index in [1.807, 2.05) is 18.2 Å². The molecule has 0 atom stereocenters. The maximum Gasteiger partial charge on any atom is 0.183 e. The summed E-state index contributed by atoms with van der Waals surface area (Å²) in [5.74, 6) is 0.982. The first-order valence-corrected chi connectivity index (χ1v) is 8.31. The fourth-order valence-corrected chi connectivity index (χ4v) is 4.03. The summed E-state index contributed by atoms with van der Waals surface area (Å²) < 4.78 is 1.16. The highest BCUT2D eigenvalue weighted by Crippen LogP contribution is 2.30. The van der Waals surface area contributed by atoms with Crippen molar-refractivity contribution in [3.63, 3.8) is 0 Å². The van der Waals surface area contributed by atoms with Gasteiger partial charge in [-0.15, -0.1) is 0 Å². The van der Waals surface area contributed by atoms with E-state index in [4.69, 9.17) is 11.6 Å². The van der Waals surface area contributed by atoms with Gasteiger partial charge in [0, 0.05) is 11.6 Å². The number of thiazole rings is 1. The predicted octanol–water partition coefficient (Wildman–Crippen LogP) is 5.33. The van der Waals surface area contributed by atoms with E-state index >= 15 is 0 Å². The number of anilines is 1. The molecule has 4 heteroatoms. The summed E-state index contributed by atoms with van der Waals surface area (Å²) in [4.78, 5) is 4.57. The molecule has 19 heavy (non-hydrogen) atoms. The van der Waals surface area contributed by atoms with E-state index in [9.17, 15) is 0 Å². The summed E-state index contributed by atoms with van der Waals surface area (Å²) in [6.45, 7) is 1.03. The number of hydrogen-bond donors (Lipinski definition) is 1. The van der Waals surface area contributed by atoms with E-state index in [0.29, 0.717) is 0 Å². The Hall–Kier alpha value is -0.800. The van der Waals surface area contributed by atoms with Gasteiger partial charge in [0.15, 0.2) is 5.13 Å². The van der Waals surface area contributed by atoms with Gasteiger partial charge < -0.3 is 5.32 Å². The number of fused-ring (bicyclic) bond motifs is 1. The van der Waals surface area contributed by atoms with Crippen molar-refractivity contribution in [2.24, 2.45) is 5.92 Å². The molecule has 1 aromatic carbocycles. The fraction of sp³-hybridized carbons (Fsp3) is 0.533. The van der Waals surface area contributed by atoms with Crippen LogP contribution in [0.1, 0.15) is 38.5 Å². The quantitative estimate of drug-likeness (QED) is 0.754. The Morgan fingerprint density at radius 1 is 1.32 bits per heavy atom. The zero-order valence-corrected chi connectivity index (χ0v) is 12.6. The molecule has 1 heterocycles. The van der Waals surface area contributed by atoms with Gasteiger partial charge in [0.25, 0.3) is 0 Å². The second kappa shape index (κ2) is 6.10. The molecule has 1 aromatic heterocycles. The number of aromatic nitrogens is 1. The molecule has 2 nitrogen and oxygen atoms in total. The first-order chi connectivity index (χ1) is 9.31. The molecule has 1 fully saturated rings. The van der Waals surface area contributed by atoms with Gasteiger partial charge >= 0.3 is 0 Å². The van der Waals surface area contributed by atoms with E-state index in [2.05, 4.69) is 10.3 Å². The third-order valence-electron chi connectivity index (χ3n) is 3.89. The number of halogens is 1. The number of benzene rings is 1. The van der Waals surface area contributed by atoms with E-state index < -0.39 is 0 Å². The lowest BCUT2D eigenvalue weighted by Gasteiger charge is -2.08. The smallest absolute Gasteiger partial charge is 0.183 e. The average Bonchev–Trinajstić information content (AvgIpc) is 3.02. The largest absolute Gasteiger partial charge is 0.361 e. The zero-order valence-electron chi connectivity index (χ0n) is 11.0. The Balaban J connectivity index is 1.50. The monoisotopic (exact) mass is 294 g/mol. The first kappa shape index (κ1) is 13.2.